The normalized spacial score (nSPS) is 38.8. The highest BCUT2D eigenvalue weighted by Crippen LogP contribution is 2.72. The number of hydrogen-bond acceptors (Lipinski definition) is 3. The predicted molar refractivity (Wildman–Crippen MR) is 77.5 cm³/mol. The van der Waals surface area contributed by atoms with Gasteiger partial charge in [-0.15, -0.1) is 0 Å². The van der Waals surface area contributed by atoms with E-state index in [1.54, 1.807) is 0 Å². The van der Waals surface area contributed by atoms with Gasteiger partial charge in [-0.3, -0.25) is 4.79 Å². The van der Waals surface area contributed by atoms with Crippen LogP contribution in [0.2, 0.25) is 0 Å². The first-order valence-corrected chi connectivity index (χ1v) is 7.60. The third kappa shape index (κ3) is 1.87. The van der Waals surface area contributed by atoms with Gasteiger partial charge < -0.3 is 10.5 Å². The maximum absolute atomic E-state index is 12.0. The van der Waals surface area contributed by atoms with Crippen LogP contribution in [0.15, 0.2) is 0 Å². The molecular weight excluding hydrogens is 325 g/mol. The largest absolute Gasteiger partial charge is 0.459 e. The third-order valence-corrected chi connectivity index (χ3v) is 6.36. The second-order valence-electron chi connectivity index (χ2n) is 6.58. The van der Waals surface area contributed by atoms with Crippen LogP contribution in [-0.2, 0) is 14.3 Å². The van der Waals surface area contributed by atoms with E-state index in [1.807, 2.05) is 20.8 Å². The molecular formula is C13H18Cl3NO3. The first-order valence-electron chi connectivity index (χ1n) is 6.46. The Balaban J connectivity index is 2.33. The van der Waals surface area contributed by atoms with Crippen LogP contribution in [0.3, 0.4) is 0 Å². The van der Waals surface area contributed by atoms with Crippen molar-refractivity contribution in [2.75, 3.05) is 0 Å². The zero-order valence-corrected chi connectivity index (χ0v) is 13.9. The molecule has 114 valence electrons. The van der Waals surface area contributed by atoms with Gasteiger partial charge in [-0.1, -0.05) is 55.6 Å². The Morgan fingerprint density at radius 1 is 1.20 bits per heavy atom. The smallest absolute Gasteiger partial charge is 0.358 e. The molecule has 0 radical (unpaired) electrons. The molecule has 0 heterocycles. The lowest BCUT2D eigenvalue weighted by atomic mass is 9.64. The Bertz CT molecular complexity index is 474. The van der Waals surface area contributed by atoms with Gasteiger partial charge in [-0.25, -0.2) is 4.79 Å². The summed E-state index contributed by atoms with van der Waals surface area (Å²) in [6.07, 6.45) is 1.37. The molecule has 0 aliphatic heterocycles. The van der Waals surface area contributed by atoms with Crippen molar-refractivity contribution in [3.05, 3.63) is 0 Å². The van der Waals surface area contributed by atoms with Crippen LogP contribution < -0.4 is 5.73 Å². The van der Waals surface area contributed by atoms with Gasteiger partial charge in [0.25, 0.3) is 3.79 Å². The van der Waals surface area contributed by atoms with Gasteiger partial charge in [-0.2, -0.15) is 0 Å². The number of fused-ring (bicyclic) bond motifs is 2. The van der Waals surface area contributed by atoms with Gasteiger partial charge in [0.2, 0.25) is 5.91 Å². The SMILES string of the molecule is CC12CCC(C(N)=O)(CC1OC(=O)C(Cl)(Cl)Cl)C2(C)C. The summed E-state index contributed by atoms with van der Waals surface area (Å²) in [5, 5.41) is 0. The van der Waals surface area contributed by atoms with E-state index in [4.69, 9.17) is 45.3 Å². The molecule has 0 aromatic carbocycles. The number of rotatable bonds is 2. The number of ether oxygens (including phenoxy) is 1. The van der Waals surface area contributed by atoms with Crippen LogP contribution in [0, 0.1) is 16.2 Å². The lowest BCUT2D eigenvalue weighted by Crippen LogP contribution is -2.44. The van der Waals surface area contributed by atoms with Crippen molar-refractivity contribution in [3.8, 4) is 0 Å². The van der Waals surface area contributed by atoms with Crippen LogP contribution in [0.25, 0.3) is 0 Å². The molecule has 20 heavy (non-hydrogen) atoms. The number of nitrogens with two attached hydrogens (primary N) is 1. The fourth-order valence-corrected chi connectivity index (χ4v) is 4.14. The summed E-state index contributed by atoms with van der Waals surface area (Å²) in [6.45, 7) is 5.99. The van der Waals surface area contributed by atoms with E-state index in [2.05, 4.69) is 0 Å². The van der Waals surface area contributed by atoms with E-state index in [0.29, 0.717) is 12.8 Å². The molecule has 0 aromatic heterocycles. The Morgan fingerprint density at radius 3 is 2.15 bits per heavy atom. The monoisotopic (exact) mass is 341 g/mol. The average molecular weight is 343 g/mol. The molecule has 2 aliphatic carbocycles. The highest BCUT2D eigenvalue weighted by atomic mass is 35.6. The van der Waals surface area contributed by atoms with E-state index in [9.17, 15) is 9.59 Å². The van der Waals surface area contributed by atoms with Crippen LogP contribution in [-0.4, -0.2) is 21.8 Å². The van der Waals surface area contributed by atoms with Crippen molar-refractivity contribution in [3.63, 3.8) is 0 Å². The molecule has 2 bridgehead atoms. The van der Waals surface area contributed by atoms with Gasteiger partial charge in [-0.05, 0) is 24.7 Å². The second-order valence-corrected chi connectivity index (χ2v) is 8.87. The number of primary amides is 1. The van der Waals surface area contributed by atoms with Crippen molar-refractivity contribution >= 4 is 46.7 Å². The maximum Gasteiger partial charge on any atom is 0.358 e. The second kappa shape index (κ2) is 4.40. The number of alkyl halides is 3. The summed E-state index contributed by atoms with van der Waals surface area (Å²) in [5.41, 5.74) is 4.24. The summed E-state index contributed by atoms with van der Waals surface area (Å²) in [7, 11) is 0. The molecule has 0 saturated heterocycles. The molecule has 7 heteroatoms. The Labute approximate surface area is 133 Å². The van der Waals surface area contributed by atoms with Crippen LogP contribution in [0.5, 0.6) is 0 Å². The standard InChI is InChI=1S/C13H18Cl3NO3/c1-10(2)11(3)4-5-12(10,8(17)18)6-7(11)20-9(19)13(14,15)16/h7H,4-6H2,1-3H3,(H2,17,18). The molecule has 2 fully saturated rings. The average Bonchev–Trinajstić information content (AvgIpc) is 2.58. The first-order chi connectivity index (χ1) is 8.88. The van der Waals surface area contributed by atoms with E-state index < -0.39 is 21.3 Å². The van der Waals surface area contributed by atoms with Crippen molar-refractivity contribution in [2.24, 2.45) is 22.0 Å². The summed E-state index contributed by atoms with van der Waals surface area (Å²) >= 11 is 16.6. The van der Waals surface area contributed by atoms with Crippen molar-refractivity contribution in [2.45, 2.75) is 49.9 Å². The van der Waals surface area contributed by atoms with Crippen molar-refractivity contribution in [1.29, 1.82) is 0 Å². The Hall–Kier alpha value is -0.190. The van der Waals surface area contributed by atoms with E-state index in [1.165, 1.54) is 0 Å². The van der Waals surface area contributed by atoms with E-state index in [0.717, 1.165) is 6.42 Å². The number of halogens is 3. The summed E-state index contributed by atoms with van der Waals surface area (Å²) in [6, 6.07) is 0. The lowest BCUT2D eigenvalue weighted by Gasteiger charge is -2.40. The topological polar surface area (TPSA) is 69.4 Å². The van der Waals surface area contributed by atoms with E-state index in [-0.39, 0.29) is 16.7 Å². The molecule has 2 rings (SSSR count). The predicted octanol–water partition coefficient (Wildman–Crippen LogP) is 2.97. The highest BCUT2D eigenvalue weighted by Gasteiger charge is 2.73. The van der Waals surface area contributed by atoms with Crippen LogP contribution in [0.1, 0.15) is 40.0 Å². The van der Waals surface area contributed by atoms with Gasteiger partial charge in [0.1, 0.15) is 6.10 Å². The van der Waals surface area contributed by atoms with Crippen molar-refractivity contribution in [1.82, 2.24) is 0 Å². The number of carbonyl (C=O) groups excluding carboxylic acids is 2. The minimum Gasteiger partial charge on any atom is -0.459 e. The third-order valence-electron chi connectivity index (χ3n) is 5.89. The fourth-order valence-electron chi connectivity index (χ4n) is 4.01. The number of carbonyl (C=O) groups is 2. The molecule has 4 nitrogen and oxygen atoms in total. The van der Waals surface area contributed by atoms with Gasteiger partial charge in [0, 0.05) is 5.41 Å². The minimum atomic E-state index is -2.11. The summed E-state index contributed by atoms with van der Waals surface area (Å²) in [4.78, 5) is 23.8. The molecule has 3 atom stereocenters. The first kappa shape index (κ1) is 16.2. The molecule has 2 aliphatic rings. The quantitative estimate of drug-likeness (QED) is 0.619. The number of esters is 1. The zero-order chi connectivity index (χ0) is 15.6. The highest BCUT2D eigenvalue weighted by molar-refractivity contribution is 6.75. The van der Waals surface area contributed by atoms with Crippen LogP contribution >= 0.6 is 34.8 Å². The Kier molecular flexibility index (Phi) is 3.56. The molecule has 0 aromatic rings. The molecule has 2 saturated carbocycles. The molecule has 0 spiro atoms. The Morgan fingerprint density at radius 2 is 1.75 bits per heavy atom. The van der Waals surface area contributed by atoms with Gasteiger partial charge >= 0.3 is 5.97 Å². The maximum atomic E-state index is 12.0. The summed E-state index contributed by atoms with van der Waals surface area (Å²) in [5.74, 6) is -1.25. The summed E-state index contributed by atoms with van der Waals surface area (Å²) < 4.78 is 3.27. The van der Waals surface area contributed by atoms with Crippen LogP contribution in [0.4, 0.5) is 0 Å². The number of amides is 1. The minimum absolute atomic E-state index is 0.348. The van der Waals surface area contributed by atoms with Gasteiger partial charge in [0.05, 0.1) is 5.41 Å². The lowest BCUT2D eigenvalue weighted by molar-refractivity contribution is -0.156. The number of hydrogen-bond donors (Lipinski definition) is 1. The molecule has 2 N–H and O–H groups in total. The zero-order valence-electron chi connectivity index (χ0n) is 11.6. The van der Waals surface area contributed by atoms with Gasteiger partial charge in [0.15, 0.2) is 0 Å². The molecule has 3 unspecified atom stereocenters. The fraction of sp³-hybridized carbons (Fsp3) is 0.846. The van der Waals surface area contributed by atoms with Crippen molar-refractivity contribution < 1.29 is 14.3 Å². The molecule has 1 amide bonds. The van der Waals surface area contributed by atoms with E-state index >= 15 is 0 Å².